The van der Waals surface area contributed by atoms with E-state index in [9.17, 15) is 5.11 Å². The Hall–Kier alpha value is -3.49. The van der Waals surface area contributed by atoms with Gasteiger partial charge in [-0.05, 0) is 19.2 Å². The molecule has 1 aliphatic rings. The number of nitrogens with zero attached hydrogens (tertiary/aromatic N) is 4. The van der Waals surface area contributed by atoms with Crippen molar-refractivity contribution in [2.45, 2.75) is 26.8 Å². The lowest BCUT2D eigenvalue weighted by atomic mass is 10.0. The number of ether oxygens (including phenoxy) is 2. The van der Waals surface area contributed by atoms with Gasteiger partial charge in [-0.3, -0.25) is 0 Å². The van der Waals surface area contributed by atoms with E-state index >= 15 is 0 Å². The Morgan fingerprint density at radius 1 is 1.12 bits per heavy atom. The van der Waals surface area contributed by atoms with Crippen LogP contribution in [0.1, 0.15) is 31.0 Å². The second-order valence-corrected chi connectivity index (χ2v) is 6.91. The zero-order valence-electron chi connectivity index (χ0n) is 20.6. The summed E-state index contributed by atoms with van der Waals surface area (Å²) in [7, 11) is 1.57. The van der Waals surface area contributed by atoms with E-state index in [0.29, 0.717) is 25.5 Å². The molecule has 3 N–H and O–H groups in total. The number of hydrogen-bond donors (Lipinski definition) is 2. The van der Waals surface area contributed by atoms with Crippen LogP contribution in [0.15, 0.2) is 87.2 Å². The van der Waals surface area contributed by atoms with E-state index in [1.807, 2.05) is 86.3 Å². The summed E-state index contributed by atoms with van der Waals surface area (Å²) in [5, 5.41) is 9.80. The van der Waals surface area contributed by atoms with E-state index in [2.05, 4.69) is 21.7 Å². The number of aliphatic hydroxyl groups is 1. The molecule has 0 bridgehead atoms. The third-order valence-corrected chi connectivity index (χ3v) is 4.56. The Balaban J connectivity index is 0.000000615. The fraction of sp³-hybridized carbons (Fsp3) is 0.346. The summed E-state index contributed by atoms with van der Waals surface area (Å²) >= 11 is 0. The van der Waals surface area contributed by atoms with Crippen LogP contribution in [0.4, 0.5) is 0 Å². The van der Waals surface area contributed by atoms with Gasteiger partial charge in [-0.25, -0.2) is 9.98 Å². The molecule has 1 aliphatic heterocycles. The number of rotatable bonds is 7. The van der Waals surface area contributed by atoms with Gasteiger partial charge in [-0.15, -0.1) is 0 Å². The van der Waals surface area contributed by atoms with Gasteiger partial charge in [-0.2, -0.15) is 4.99 Å². The minimum Gasteiger partial charge on any atom is -0.461 e. The largest absolute Gasteiger partial charge is 0.461 e. The van der Waals surface area contributed by atoms with Crippen molar-refractivity contribution in [2.24, 2.45) is 20.7 Å². The molecule has 1 heterocycles. The van der Waals surface area contributed by atoms with Crippen molar-refractivity contribution < 1.29 is 14.6 Å². The summed E-state index contributed by atoms with van der Waals surface area (Å²) in [6.07, 6.45) is 1.66. The Bertz CT molecular complexity index is 885. The first-order valence-electron chi connectivity index (χ1n) is 11.2. The molecule has 0 fully saturated rings. The van der Waals surface area contributed by atoms with Crippen molar-refractivity contribution in [1.82, 2.24) is 4.90 Å². The van der Waals surface area contributed by atoms with Crippen molar-refractivity contribution in [3.05, 3.63) is 83.3 Å². The standard InChI is InChI=1S/C18H25N5O3.C6H6.C2H6/c1-13-4-6-14(7-5-13)16(11-24)23-10-15(21-12-23)17(19)22-18(20-2)26-9-8-25-3;1-2-4-6-5-3-1;1-2/h4-7,12,16,24H,2,8-11,19H2,1,3H3;1-6H;1-2H3/b17-15+,22-18+;;. The zero-order valence-corrected chi connectivity index (χ0v) is 20.6. The molecular formula is C26H37N5O3. The molecule has 0 saturated carbocycles. The topological polar surface area (TPSA) is 105 Å². The molecule has 2 aromatic rings. The van der Waals surface area contributed by atoms with E-state index in [4.69, 9.17) is 15.2 Å². The van der Waals surface area contributed by atoms with E-state index in [0.717, 1.165) is 11.1 Å². The lowest BCUT2D eigenvalue weighted by molar-refractivity contribution is 0.140. The Morgan fingerprint density at radius 2 is 1.71 bits per heavy atom. The van der Waals surface area contributed by atoms with Gasteiger partial charge in [0.2, 0.25) is 0 Å². The highest BCUT2D eigenvalue weighted by atomic mass is 16.5. The van der Waals surface area contributed by atoms with Gasteiger partial charge in [-0.1, -0.05) is 80.1 Å². The van der Waals surface area contributed by atoms with Crippen molar-refractivity contribution in [3.8, 4) is 0 Å². The summed E-state index contributed by atoms with van der Waals surface area (Å²) in [6, 6.07) is 19.9. The minimum absolute atomic E-state index is 0.0366. The molecule has 8 heteroatoms. The maximum Gasteiger partial charge on any atom is 0.317 e. The van der Waals surface area contributed by atoms with Gasteiger partial charge < -0.3 is 25.2 Å². The van der Waals surface area contributed by atoms with Gasteiger partial charge in [0.25, 0.3) is 0 Å². The van der Waals surface area contributed by atoms with Crippen LogP contribution >= 0.6 is 0 Å². The number of amidine groups is 1. The highest BCUT2D eigenvalue weighted by molar-refractivity contribution is 5.79. The predicted molar refractivity (Wildman–Crippen MR) is 140 cm³/mol. The molecular weight excluding hydrogens is 430 g/mol. The first-order valence-corrected chi connectivity index (χ1v) is 11.2. The highest BCUT2D eigenvalue weighted by Crippen LogP contribution is 2.24. The number of aliphatic hydroxyl groups excluding tert-OH is 1. The first kappa shape index (κ1) is 28.5. The summed E-state index contributed by atoms with van der Waals surface area (Å²) in [5.41, 5.74) is 8.76. The van der Waals surface area contributed by atoms with Crippen molar-refractivity contribution >= 4 is 19.1 Å². The Labute approximate surface area is 203 Å². The average molecular weight is 468 g/mol. The molecule has 34 heavy (non-hydrogen) atoms. The van der Waals surface area contributed by atoms with E-state index in [-0.39, 0.29) is 24.5 Å². The maximum atomic E-state index is 9.80. The number of methoxy groups -OCH3 is 1. The lowest BCUT2D eigenvalue weighted by Crippen LogP contribution is -2.28. The number of aryl methyl sites for hydroxylation is 1. The quantitative estimate of drug-likeness (QED) is 0.365. The molecule has 0 saturated heterocycles. The summed E-state index contributed by atoms with van der Waals surface area (Å²) in [4.78, 5) is 14.0. The van der Waals surface area contributed by atoms with Crippen molar-refractivity contribution in [2.75, 3.05) is 33.5 Å². The molecule has 0 aliphatic carbocycles. The molecule has 1 unspecified atom stereocenters. The van der Waals surface area contributed by atoms with E-state index in [1.165, 1.54) is 0 Å². The molecule has 2 aromatic carbocycles. The van der Waals surface area contributed by atoms with Crippen LogP contribution in [-0.2, 0) is 9.47 Å². The number of aliphatic imine (C=N–C) groups is 3. The predicted octanol–water partition coefficient (Wildman–Crippen LogP) is 3.93. The molecule has 0 amide bonds. The van der Waals surface area contributed by atoms with Crippen LogP contribution in [0.25, 0.3) is 0 Å². The third kappa shape index (κ3) is 9.97. The van der Waals surface area contributed by atoms with Crippen LogP contribution in [-0.4, -0.2) is 62.6 Å². The fourth-order valence-electron chi connectivity index (χ4n) is 2.81. The van der Waals surface area contributed by atoms with E-state index in [1.54, 1.807) is 13.4 Å². The summed E-state index contributed by atoms with van der Waals surface area (Å²) in [5.74, 6) is 0.198. The Morgan fingerprint density at radius 3 is 2.21 bits per heavy atom. The minimum atomic E-state index is -0.205. The van der Waals surface area contributed by atoms with Crippen LogP contribution in [0.2, 0.25) is 0 Å². The van der Waals surface area contributed by atoms with Gasteiger partial charge in [0.1, 0.15) is 12.3 Å². The number of benzene rings is 2. The van der Waals surface area contributed by atoms with Gasteiger partial charge >= 0.3 is 6.02 Å². The van der Waals surface area contributed by atoms with E-state index < -0.39 is 0 Å². The number of nitrogens with two attached hydrogens (primary N) is 1. The van der Waals surface area contributed by atoms with Gasteiger partial charge in [0.05, 0.1) is 32.1 Å². The smallest absolute Gasteiger partial charge is 0.317 e. The van der Waals surface area contributed by atoms with Gasteiger partial charge in [0.15, 0.2) is 5.82 Å². The maximum absolute atomic E-state index is 9.80. The van der Waals surface area contributed by atoms with Crippen molar-refractivity contribution in [3.63, 3.8) is 0 Å². The SMILES string of the molecule is C=N/C(=N\C(N)=C1/CN(C(CO)c2ccc(C)cc2)C=N1)OCCOC.CC.c1ccccc1. The van der Waals surface area contributed by atoms with Crippen LogP contribution in [0, 0.1) is 6.92 Å². The van der Waals surface area contributed by atoms with Gasteiger partial charge in [0, 0.05) is 7.11 Å². The third-order valence-electron chi connectivity index (χ3n) is 4.56. The monoisotopic (exact) mass is 467 g/mol. The first-order chi connectivity index (χ1) is 16.6. The summed E-state index contributed by atoms with van der Waals surface area (Å²) < 4.78 is 10.2. The average Bonchev–Trinajstić information content (AvgIpc) is 3.38. The molecule has 8 nitrogen and oxygen atoms in total. The second kappa shape index (κ2) is 17.0. The molecule has 0 spiro atoms. The van der Waals surface area contributed by atoms with Crippen molar-refractivity contribution in [1.29, 1.82) is 0 Å². The van der Waals surface area contributed by atoms with Crippen LogP contribution in [0.5, 0.6) is 0 Å². The molecule has 3 rings (SSSR count). The lowest BCUT2D eigenvalue weighted by Gasteiger charge is -2.25. The Kier molecular flexibility index (Phi) is 14.3. The molecule has 0 aromatic heterocycles. The fourth-order valence-corrected chi connectivity index (χ4v) is 2.81. The summed E-state index contributed by atoms with van der Waals surface area (Å²) in [6.45, 7) is 10.5. The zero-order chi connectivity index (χ0) is 25.2. The molecule has 0 radical (unpaired) electrons. The molecule has 1 atom stereocenters. The normalized spacial score (nSPS) is 14.9. The number of hydrogen-bond acceptors (Lipinski definition) is 7. The van der Waals surface area contributed by atoms with Crippen LogP contribution in [0.3, 0.4) is 0 Å². The van der Waals surface area contributed by atoms with Crippen LogP contribution < -0.4 is 5.73 Å². The highest BCUT2D eigenvalue weighted by Gasteiger charge is 2.23. The molecule has 184 valence electrons. The second-order valence-electron chi connectivity index (χ2n) is 6.91.